The number of nitrogens with zero attached hydrogens (tertiary/aromatic N) is 1. The Bertz CT molecular complexity index is 749. The molecule has 0 saturated heterocycles. The maximum atomic E-state index is 12.2. The topological polar surface area (TPSA) is 62.2 Å². The quantitative estimate of drug-likeness (QED) is 0.750. The van der Waals surface area contributed by atoms with E-state index in [2.05, 4.69) is 10.3 Å². The molecule has 22 heavy (non-hydrogen) atoms. The number of thiazole rings is 1. The van der Waals surface area contributed by atoms with Crippen LogP contribution in [0.3, 0.4) is 0 Å². The maximum absolute atomic E-state index is 12.2. The molecule has 2 heterocycles. The van der Waals surface area contributed by atoms with Gasteiger partial charge in [-0.05, 0) is 35.6 Å². The van der Waals surface area contributed by atoms with Gasteiger partial charge in [-0.3, -0.25) is 4.79 Å². The molecule has 0 spiro atoms. The van der Waals surface area contributed by atoms with Crippen LogP contribution in [0.25, 0.3) is 10.6 Å². The first-order valence-corrected chi connectivity index (χ1v) is 8.52. The zero-order chi connectivity index (χ0) is 15.4. The number of hydrogen-bond acceptors (Lipinski definition) is 5. The Morgan fingerprint density at radius 2 is 2.05 bits per heavy atom. The molecule has 0 aliphatic heterocycles. The van der Waals surface area contributed by atoms with Crippen LogP contribution < -0.4 is 5.32 Å². The summed E-state index contributed by atoms with van der Waals surface area (Å²) in [5, 5.41) is 16.6. The highest BCUT2D eigenvalue weighted by molar-refractivity contribution is 7.17. The van der Waals surface area contributed by atoms with E-state index in [0.29, 0.717) is 11.3 Å². The molecule has 6 heteroatoms. The van der Waals surface area contributed by atoms with Crippen LogP contribution in [0.5, 0.6) is 0 Å². The average molecular weight is 330 g/mol. The number of benzene rings is 1. The molecule has 0 aliphatic carbocycles. The van der Waals surface area contributed by atoms with Gasteiger partial charge in [-0.2, -0.15) is 11.3 Å². The van der Waals surface area contributed by atoms with Crippen LogP contribution >= 0.6 is 22.7 Å². The number of hydrogen-bond donors (Lipinski definition) is 2. The minimum atomic E-state index is -0.158. The number of rotatable bonds is 5. The van der Waals surface area contributed by atoms with Crippen molar-refractivity contribution in [2.75, 3.05) is 11.9 Å². The minimum absolute atomic E-state index is 0.123. The van der Waals surface area contributed by atoms with E-state index in [9.17, 15) is 4.79 Å². The molecular formula is C16H14N2O2S2. The molecule has 0 fully saturated rings. The molecule has 0 atom stereocenters. The summed E-state index contributed by atoms with van der Waals surface area (Å²) < 4.78 is 0. The Kier molecular flexibility index (Phi) is 4.62. The number of amides is 1. The van der Waals surface area contributed by atoms with Crippen molar-refractivity contribution in [1.29, 1.82) is 0 Å². The van der Waals surface area contributed by atoms with Gasteiger partial charge < -0.3 is 10.4 Å². The van der Waals surface area contributed by atoms with Gasteiger partial charge in [0.25, 0.3) is 5.91 Å². The molecule has 0 radical (unpaired) electrons. The van der Waals surface area contributed by atoms with Gasteiger partial charge in [0.15, 0.2) is 0 Å². The van der Waals surface area contributed by atoms with E-state index >= 15 is 0 Å². The predicted octanol–water partition coefficient (Wildman–Crippen LogP) is 3.66. The lowest BCUT2D eigenvalue weighted by atomic mass is 10.1. The molecule has 0 aliphatic rings. The smallest absolute Gasteiger partial charge is 0.267 e. The van der Waals surface area contributed by atoms with Crippen LogP contribution in [0.4, 0.5) is 5.69 Å². The summed E-state index contributed by atoms with van der Waals surface area (Å²) >= 11 is 2.99. The van der Waals surface area contributed by atoms with Gasteiger partial charge in [0.05, 0.1) is 6.20 Å². The molecule has 0 bridgehead atoms. The van der Waals surface area contributed by atoms with Gasteiger partial charge in [0.2, 0.25) is 0 Å². The van der Waals surface area contributed by atoms with E-state index in [1.165, 1.54) is 11.3 Å². The number of nitrogens with one attached hydrogen (secondary N) is 1. The van der Waals surface area contributed by atoms with Crippen LogP contribution in [0.1, 0.15) is 15.2 Å². The molecule has 2 aromatic heterocycles. The molecule has 0 unspecified atom stereocenters. The van der Waals surface area contributed by atoms with Crippen LogP contribution in [-0.4, -0.2) is 22.6 Å². The van der Waals surface area contributed by atoms with Gasteiger partial charge in [-0.1, -0.05) is 12.1 Å². The van der Waals surface area contributed by atoms with Gasteiger partial charge in [-0.25, -0.2) is 4.98 Å². The maximum Gasteiger partial charge on any atom is 0.267 e. The van der Waals surface area contributed by atoms with E-state index in [1.54, 1.807) is 17.5 Å². The van der Waals surface area contributed by atoms with Gasteiger partial charge in [-0.15, -0.1) is 11.3 Å². The number of aliphatic hydroxyl groups excluding tert-OH is 1. The van der Waals surface area contributed by atoms with Crippen LogP contribution in [0, 0.1) is 0 Å². The summed E-state index contributed by atoms with van der Waals surface area (Å²) in [6.45, 7) is 0.123. The summed E-state index contributed by atoms with van der Waals surface area (Å²) in [5.74, 6) is -0.158. The summed E-state index contributed by atoms with van der Waals surface area (Å²) in [4.78, 5) is 17.1. The zero-order valence-electron chi connectivity index (χ0n) is 11.7. The van der Waals surface area contributed by atoms with Gasteiger partial charge in [0, 0.05) is 23.2 Å². The Balaban J connectivity index is 1.69. The van der Waals surface area contributed by atoms with Crippen LogP contribution in [-0.2, 0) is 6.42 Å². The van der Waals surface area contributed by atoms with Crippen molar-refractivity contribution >= 4 is 34.3 Å². The number of thiophene rings is 1. The normalized spacial score (nSPS) is 10.6. The number of anilines is 1. The molecule has 4 nitrogen and oxygen atoms in total. The second kappa shape index (κ2) is 6.83. The molecular weight excluding hydrogens is 316 g/mol. The van der Waals surface area contributed by atoms with E-state index < -0.39 is 0 Å². The zero-order valence-corrected chi connectivity index (χ0v) is 13.3. The summed E-state index contributed by atoms with van der Waals surface area (Å²) in [6.07, 6.45) is 2.22. The molecule has 2 N–H and O–H groups in total. The van der Waals surface area contributed by atoms with Gasteiger partial charge >= 0.3 is 0 Å². The standard InChI is InChI=1S/C16H14N2O2S2/c19-7-5-11-1-3-13(4-2-11)18-15(20)14-9-17-16(22-14)12-6-8-21-10-12/h1-4,6,8-10,19H,5,7H2,(H,18,20). The van der Waals surface area contributed by atoms with Crippen molar-refractivity contribution in [1.82, 2.24) is 4.98 Å². The fraction of sp³-hybridized carbons (Fsp3) is 0.125. The Morgan fingerprint density at radius 3 is 2.73 bits per heavy atom. The fourth-order valence-electron chi connectivity index (χ4n) is 1.98. The predicted molar refractivity (Wildman–Crippen MR) is 90.6 cm³/mol. The highest BCUT2D eigenvalue weighted by Gasteiger charge is 2.12. The van der Waals surface area contributed by atoms with E-state index in [-0.39, 0.29) is 12.5 Å². The summed E-state index contributed by atoms with van der Waals surface area (Å²) in [5.41, 5.74) is 2.82. The molecule has 3 aromatic rings. The Morgan fingerprint density at radius 1 is 1.23 bits per heavy atom. The largest absolute Gasteiger partial charge is 0.396 e. The highest BCUT2D eigenvalue weighted by Crippen LogP contribution is 2.27. The first-order chi connectivity index (χ1) is 10.8. The summed E-state index contributed by atoms with van der Waals surface area (Å²) in [6, 6.07) is 9.46. The fourth-order valence-corrected chi connectivity index (χ4v) is 3.50. The van der Waals surface area contributed by atoms with Gasteiger partial charge in [0.1, 0.15) is 9.88 Å². The van der Waals surface area contributed by atoms with E-state index in [0.717, 1.165) is 21.8 Å². The Labute approximate surface area is 136 Å². The number of aliphatic hydroxyl groups is 1. The Hall–Kier alpha value is -2.02. The lowest BCUT2D eigenvalue weighted by Crippen LogP contribution is -2.10. The highest BCUT2D eigenvalue weighted by atomic mass is 32.1. The number of carbonyl (C=O) groups is 1. The lowest BCUT2D eigenvalue weighted by molar-refractivity contribution is 0.103. The lowest BCUT2D eigenvalue weighted by Gasteiger charge is -2.04. The first-order valence-electron chi connectivity index (χ1n) is 6.76. The minimum Gasteiger partial charge on any atom is -0.396 e. The second-order valence-electron chi connectivity index (χ2n) is 4.67. The second-order valence-corrected chi connectivity index (χ2v) is 6.48. The third kappa shape index (κ3) is 3.41. The molecule has 1 amide bonds. The van der Waals surface area contributed by atoms with Crippen molar-refractivity contribution in [3.63, 3.8) is 0 Å². The summed E-state index contributed by atoms with van der Waals surface area (Å²) in [7, 11) is 0. The molecule has 1 aromatic carbocycles. The molecule has 112 valence electrons. The third-order valence-electron chi connectivity index (χ3n) is 3.11. The first kappa shape index (κ1) is 14.9. The number of aromatic nitrogens is 1. The van der Waals surface area contributed by atoms with Crippen molar-refractivity contribution in [3.05, 3.63) is 57.7 Å². The van der Waals surface area contributed by atoms with E-state index in [4.69, 9.17) is 5.11 Å². The molecule has 3 rings (SSSR count). The van der Waals surface area contributed by atoms with E-state index in [1.807, 2.05) is 41.1 Å². The molecule has 0 saturated carbocycles. The van der Waals surface area contributed by atoms with Crippen LogP contribution in [0.15, 0.2) is 47.3 Å². The van der Waals surface area contributed by atoms with Crippen molar-refractivity contribution < 1.29 is 9.90 Å². The van der Waals surface area contributed by atoms with Crippen molar-refractivity contribution in [2.24, 2.45) is 0 Å². The average Bonchev–Trinajstić information content (AvgIpc) is 3.20. The monoisotopic (exact) mass is 330 g/mol. The SMILES string of the molecule is O=C(Nc1ccc(CCO)cc1)c1cnc(-c2ccsc2)s1. The third-order valence-corrected chi connectivity index (χ3v) is 4.84. The number of carbonyl (C=O) groups excluding carboxylic acids is 1. The van der Waals surface area contributed by atoms with Crippen LogP contribution in [0.2, 0.25) is 0 Å². The van der Waals surface area contributed by atoms with Crippen molar-refractivity contribution in [3.8, 4) is 10.6 Å². The van der Waals surface area contributed by atoms with Crippen molar-refractivity contribution in [2.45, 2.75) is 6.42 Å².